The Morgan fingerprint density at radius 1 is 0.914 bits per heavy atom. The minimum absolute atomic E-state index is 0.213. The van der Waals surface area contributed by atoms with Crippen LogP contribution in [0.3, 0.4) is 0 Å². The van der Waals surface area contributed by atoms with Gasteiger partial charge in [-0.15, -0.1) is 0 Å². The molecule has 1 aromatic heterocycles. The maximum atomic E-state index is 13.0. The topological polar surface area (TPSA) is 51.5 Å². The van der Waals surface area contributed by atoms with E-state index in [1.165, 1.54) is 10.3 Å². The van der Waals surface area contributed by atoms with Gasteiger partial charge in [-0.2, -0.15) is 0 Å². The molecule has 2 amide bonds. The molecule has 0 radical (unpaired) electrons. The maximum Gasteiger partial charge on any atom is 0.293 e. The Bertz CT molecular complexity index is 1480. The lowest BCUT2D eigenvalue weighted by Gasteiger charge is -2.13. The van der Waals surface area contributed by atoms with Crippen LogP contribution in [0.4, 0.5) is 4.79 Å². The Hall–Kier alpha value is -3.77. The second-order valence-electron chi connectivity index (χ2n) is 8.66. The lowest BCUT2D eigenvalue weighted by atomic mass is 10.1. The van der Waals surface area contributed by atoms with Gasteiger partial charge in [-0.25, -0.2) is 0 Å². The first kappa shape index (κ1) is 23.0. The normalized spacial score (nSPS) is 14.9. The lowest BCUT2D eigenvalue weighted by Crippen LogP contribution is -2.32. The van der Waals surface area contributed by atoms with Gasteiger partial charge in [-0.3, -0.25) is 14.5 Å². The third-order valence-electron chi connectivity index (χ3n) is 6.21. The Balaban J connectivity index is 1.37. The molecule has 176 valence electrons. The van der Waals surface area contributed by atoms with Gasteiger partial charge in [0.1, 0.15) is 12.4 Å². The molecule has 0 bridgehead atoms. The third kappa shape index (κ3) is 4.49. The van der Waals surface area contributed by atoms with Gasteiger partial charge in [0.2, 0.25) is 0 Å². The molecule has 1 aliphatic heterocycles. The van der Waals surface area contributed by atoms with E-state index >= 15 is 0 Å². The maximum absolute atomic E-state index is 13.0. The number of nitrogens with zero attached hydrogens (tertiary/aromatic N) is 2. The molecule has 0 N–H and O–H groups in total. The summed E-state index contributed by atoms with van der Waals surface area (Å²) in [6, 6.07) is 24.3. The molecule has 0 atom stereocenters. The van der Waals surface area contributed by atoms with Crippen molar-refractivity contribution in [1.29, 1.82) is 0 Å². The Morgan fingerprint density at radius 2 is 1.69 bits per heavy atom. The number of hydrogen-bond acceptors (Lipinski definition) is 4. The van der Waals surface area contributed by atoms with Crippen molar-refractivity contribution in [2.24, 2.45) is 0 Å². The highest BCUT2D eigenvalue weighted by atomic mass is 32.2. The van der Waals surface area contributed by atoms with Crippen LogP contribution < -0.4 is 4.74 Å². The summed E-state index contributed by atoms with van der Waals surface area (Å²) < 4.78 is 7.95. The number of imide groups is 1. The number of thioether (sulfide) groups is 1. The van der Waals surface area contributed by atoms with Crippen LogP contribution in [0.15, 0.2) is 77.7 Å². The van der Waals surface area contributed by atoms with E-state index in [-0.39, 0.29) is 24.3 Å². The summed E-state index contributed by atoms with van der Waals surface area (Å²) >= 11 is 0.981. The summed E-state index contributed by atoms with van der Waals surface area (Å²) in [6.45, 7) is 6.56. The molecule has 4 aromatic rings. The number of hydrogen-bond donors (Lipinski definition) is 0. The van der Waals surface area contributed by atoms with Crippen molar-refractivity contribution >= 4 is 39.8 Å². The standard InChI is InChI=1S/C29H26N2O3S/c1-19-8-6-11-24(16-19)34-15-14-30-28(32)27(35-29(30)33)18-23-17-20(2)31(21(23)3)26-13-7-10-22-9-4-5-12-25(22)26/h4-13,16-18H,14-15H2,1-3H3/b27-18-. The van der Waals surface area contributed by atoms with Crippen molar-refractivity contribution < 1.29 is 14.3 Å². The van der Waals surface area contributed by atoms with E-state index in [0.29, 0.717) is 4.91 Å². The average molecular weight is 483 g/mol. The van der Waals surface area contributed by atoms with Crippen molar-refractivity contribution in [3.05, 3.63) is 100 Å². The van der Waals surface area contributed by atoms with Crippen LogP contribution in [0.5, 0.6) is 5.75 Å². The fourth-order valence-corrected chi connectivity index (χ4v) is 5.36. The molecule has 5 nitrogen and oxygen atoms in total. The number of carbonyl (C=O) groups is 2. The summed E-state index contributed by atoms with van der Waals surface area (Å²) in [6.07, 6.45) is 1.83. The zero-order valence-electron chi connectivity index (χ0n) is 19.9. The fraction of sp³-hybridized carbons (Fsp3) is 0.172. The van der Waals surface area contributed by atoms with Gasteiger partial charge in [0, 0.05) is 16.8 Å². The molecular weight excluding hydrogens is 456 g/mol. The molecule has 2 heterocycles. The first-order valence-corrected chi connectivity index (χ1v) is 12.4. The molecule has 5 rings (SSSR count). The van der Waals surface area contributed by atoms with Crippen LogP contribution in [0.2, 0.25) is 0 Å². The number of amides is 2. The average Bonchev–Trinajstić information content (AvgIpc) is 3.27. The molecule has 0 spiro atoms. The number of fused-ring (bicyclic) bond motifs is 1. The van der Waals surface area contributed by atoms with Crippen molar-refractivity contribution in [3.63, 3.8) is 0 Å². The largest absolute Gasteiger partial charge is 0.492 e. The second kappa shape index (κ2) is 9.47. The first-order valence-electron chi connectivity index (χ1n) is 11.5. The highest BCUT2D eigenvalue weighted by Crippen LogP contribution is 2.34. The zero-order valence-corrected chi connectivity index (χ0v) is 20.8. The monoisotopic (exact) mass is 482 g/mol. The van der Waals surface area contributed by atoms with Crippen LogP contribution in [0.1, 0.15) is 22.5 Å². The van der Waals surface area contributed by atoms with Crippen LogP contribution in [0, 0.1) is 20.8 Å². The number of aromatic nitrogens is 1. The number of ether oxygens (including phenoxy) is 1. The zero-order chi connectivity index (χ0) is 24.5. The van der Waals surface area contributed by atoms with E-state index in [4.69, 9.17) is 4.74 Å². The predicted octanol–water partition coefficient (Wildman–Crippen LogP) is 6.67. The van der Waals surface area contributed by atoms with Gasteiger partial charge < -0.3 is 9.30 Å². The molecule has 1 saturated heterocycles. The molecule has 6 heteroatoms. The van der Waals surface area contributed by atoms with E-state index < -0.39 is 0 Å². The molecule has 1 aliphatic rings. The van der Waals surface area contributed by atoms with Crippen LogP contribution in [-0.4, -0.2) is 33.8 Å². The SMILES string of the molecule is Cc1cccc(OCCN2C(=O)S/C(=C\c3cc(C)n(-c4cccc5ccccc45)c3C)C2=O)c1. The number of benzene rings is 3. The molecule has 0 aliphatic carbocycles. The van der Waals surface area contributed by atoms with Gasteiger partial charge in [0.05, 0.1) is 17.1 Å². The smallest absolute Gasteiger partial charge is 0.293 e. The molecule has 1 fully saturated rings. The Kier molecular flexibility index (Phi) is 6.22. The van der Waals surface area contributed by atoms with Crippen LogP contribution >= 0.6 is 11.8 Å². The highest BCUT2D eigenvalue weighted by Gasteiger charge is 2.35. The summed E-state index contributed by atoms with van der Waals surface area (Å²) in [5.74, 6) is 0.455. The molecule has 0 saturated carbocycles. The van der Waals surface area contributed by atoms with Gasteiger partial charge in [-0.05, 0) is 79.4 Å². The minimum Gasteiger partial charge on any atom is -0.492 e. The molecule has 3 aromatic carbocycles. The number of aryl methyl sites for hydroxylation is 2. The van der Waals surface area contributed by atoms with E-state index in [0.717, 1.165) is 51.1 Å². The van der Waals surface area contributed by atoms with E-state index in [1.54, 1.807) is 0 Å². The number of carbonyl (C=O) groups excluding carboxylic acids is 2. The molecule has 0 unspecified atom stereocenters. The Morgan fingerprint density at radius 3 is 2.51 bits per heavy atom. The van der Waals surface area contributed by atoms with Crippen molar-refractivity contribution in [1.82, 2.24) is 9.47 Å². The van der Waals surface area contributed by atoms with Gasteiger partial charge in [0.15, 0.2) is 0 Å². The minimum atomic E-state index is -0.275. The predicted molar refractivity (Wildman–Crippen MR) is 142 cm³/mol. The van der Waals surface area contributed by atoms with Gasteiger partial charge in [-0.1, -0.05) is 48.5 Å². The third-order valence-corrected chi connectivity index (χ3v) is 7.12. The summed E-state index contributed by atoms with van der Waals surface area (Å²) in [5.41, 5.74) is 5.21. The number of rotatable bonds is 6. The van der Waals surface area contributed by atoms with Crippen LogP contribution in [-0.2, 0) is 4.79 Å². The van der Waals surface area contributed by atoms with Crippen molar-refractivity contribution in [3.8, 4) is 11.4 Å². The highest BCUT2D eigenvalue weighted by molar-refractivity contribution is 8.18. The van der Waals surface area contributed by atoms with E-state index in [1.807, 2.05) is 56.3 Å². The lowest BCUT2D eigenvalue weighted by molar-refractivity contribution is -0.123. The fourth-order valence-electron chi connectivity index (χ4n) is 4.50. The van der Waals surface area contributed by atoms with Crippen molar-refractivity contribution in [2.75, 3.05) is 13.2 Å². The van der Waals surface area contributed by atoms with Gasteiger partial charge in [0.25, 0.3) is 11.1 Å². The molecular formula is C29H26N2O3S. The Labute approximate surface area is 209 Å². The summed E-state index contributed by atoms with van der Waals surface area (Å²) in [7, 11) is 0. The summed E-state index contributed by atoms with van der Waals surface area (Å²) in [4.78, 5) is 27.3. The van der Waals surface area contributed by atoms with E-state index in [9.17, 15) is 9.59 Å². The van der Waals surface area contributed by atoms with Gasteiger partial charge >= 0.3 is 0 Å². The van der Waals surface area contributed by atoms with Crippen LogP contribution in [0.25, 0.3) is 22.5 Å². The second-order valence-corrected chi connectivity index (χ2v) is 9.65. The quantitative estimate of drug-likeness (QED) is 0.288. The summed E-state index contributed by atoms with van der Waals surface area (Å²) in [5, 5.41) is 2.07. The first-order chi connectivity index (χ1) is 16.9. The van der Waals surface area contributed by atoms with Crippen molar-refractivity contribution in [2.45, 2.75) is 20.8 Å². The van der Waals surface area contributed by atoms with E-state index in [2.05, 4.69) is 47.9 Å². The molecule has 35 heavy (non-hydrogen) atoms.